The first-order valence-electron chi connectivity index (χ1n) is 15.2. The van der Waals surface area contributed by atoms with Gasteiger partial charge < -0.3 is 20.1 Å². The number of ether oxygens (including phenoxy) is 1. The standard InChI is InChI=1S/C37H34N4O3/c1-44-29-14-15-30(24-9-7-23(22-38)8-10-24)31(21-29)33-17-11-25-19-26(12-16-32(25)39-33)36-40-34-20-27(37(42)43)13-18-35(34)41(36)28-5-3-2-4-6-28/h7-21,28H,2-6,22,38H2,1H3,(H,42,43). The molecule has 1 fully saturated rings. The van der Waals surface area contributed by atoms with Crippen LogP contribution < -0.4 is 10.5 Å². The van der Waals surface area contributed by atoms with E-state index in [0.29, 0.717) is 18.1 Å². The van der Waals surface area contributed by atoms with Gasteiger partial charge in [-0.1, -0.05) is 55.7 Å². The zero-order chi connectivity index (χ0) is 30.2. The average molecular weight is 583 g/mol. The van der Waals surface area contributed by atoms with Crippen molar-refractivity contribution < 1.29 is 14.6 Å². The second-order valence-electron chi connectivity index (χ2n) is 11.5. The number of carboxylic acid groups (broad SMARTS) is 1. The molecule has 2 heterocycles. The summed E-state index contributed by atoms with van der Waals surface area (Å²) in [6.45, 7) is 0.504. The molecule has 6 aromatic rings. The third kappa shape index (κ3) is 5.09. The molecule has 1 saturated carbocycles. The minimum absolute atomic E-state index is 0.250. The molecule has 2 aromatic heterocycles. The van der Waals surface area contributed by atoms with Crippen LogP contribution in [0.3, 0.4) is 0 Å². The van der Waals surface area contributed by atoms with Crippen LogP contribution in [0.1, 0.15) is 54.1 Å². The molecule has 0 atom stereocenters. The van der Waals surface area contributed by atoms with Crippen molar-refractivity contribution in [3.63, 3.8) is 0 Å². The van der Waals surface area contributed by atoms with Crippen molar-refractivity contribution in [3.05, 3.63) is 102 Å². The summed E-state index contributed by atoms with van der Waals surface area (Å²) in [4.78, 5) is 21.8. The maximum atomic E-state index is 11.7. The summed E-state index contributed by atoms with van der Waals surface area (Å²) < 4.78 is 7.91. The van der Waals surface area contributed by atoms with Crippen molar-refractivity contribution in [3.8, 4) is 39.5 Å². The quantitative estimate of drug-likeness (QED) is 0.196. The van der Waals surface area contributed by atoms with Crippen molar-refractivity contribution in [2.75, 3.05) is 7.11 Å². The number of imidazole rings is 1. The lowest BCUT2D eigenvalue weighted by Gasteiger charge is -2.25. The summed E-state index contributed by atoms with van der Waals surface area (Å²) in [5.74, 6) is 0.698. The molecule has 220 valence electrons. The van der Waals surface area contributed by atoms with Crippen LogP contribution in [0.4, 0.5) is 0 Å². The predicted molar refractivity (Wildman–Crippen MR) is 175 cm³/mol. The minimum atomic E-state index is -0.944. The van der Waals surface area contributed by atoms with E-state index in [4.69, 9.17) is 20.4 Å². The first kappa shape index (κ1) is 27.8. The van der Waals surface area contributed by atoms with Crippen LogP contribution in [0.25, 0.3) is 55.7 Å². The second-order valence-corrected chi connectivity index (χ2v) is 11.5. The van der Waals surface area contributed by atoms with Crippen LogP contribution in [-0.4, -0.2) is 32.7 Å². The number of aromatic nitrogens is 3. The molecule has 0 unspecified atom stereocenters. The molecule has 0 saturated heterocycles. The highest BCUT2D eigenvalue weighted by Crippen LogP contribution is 2.38. The molecule has 0 radical (unpaired) electrons. The number of nitrogens with two attached hydrogens (primary N) is 1. The van der Waals surface area contributed by atoms with E-state index < -0.39 is 5.97 Å². The SMILES string of the molecule is COc1ccc(-c2ccc(CN)cc2)c(-c2ccc3cc(-c4nc5cc(C(=O)O)ccc5n4C4CCCCC4)ccc3n2)c1. The molecule has 7 nitrogen and oxygen atoms in total. The van der Waals surface area contributed by atoms with E-state index in [2.05, 4.69) is 65.2 Å². The molecule has 0 aliphatic heterocycles. The molecule has 7 heteroatoms. The molecule has 1 aliphatic rings. The lowest BCUT2D eigenvalue weighted by atomic mass is 9.94. The molecule has 0 amide bonds. The van der Waals surface area contributed by atoms with Gasteiger partial charge >= 0.3 is 5.97 Å². The smallest absolute Gasteiger partial charge is 0.335 e. The van der Waals surface area contributed by atoms with Gasteiger partial charge in [0.1, 0.15) is 11.6 Å². The van der Waals surface area contributed by atoms with Gasteiger partial charge in [-0.15, -0.1) is 0 Å². The Labute approximate surface area is 256 Å². The van der Waals surface area contributed by atoms with Gasteiger partial charge in [0.15, 0.2) is 0 Å². The third-order valence-electron chi connectivity index (χ3n) is 8.83. The van der Waals surface area contributed by atoms with Gasteiger partial charge in [0.2, 0.25) is 0 Å². The number of aromatic carboxylic acids is 1. The maximum Gasteiger partial charge on any atom is 0.335 e. The van der Waals surface area contributed by atoms with E-state index in [1.807, 2.05) is 18.2 Å². The first-order valence-corrected chi connectivity index (χ1v) is 15.2. The van der Waals surface area contributed by atoms with Crippen molar-refractivity contribution in [2.24, 2.45) is 5.73 Å². The molecular weight excluding hydrogens is 548 g/mol. The van der Waals surface area contributed by atoms with Gasteiger partial charge in [0.25, 0.3) is 0 Å². The van der Waals surface area contributed by atoms with Crippen molar-refractivity contribution in [2.45, 2.75) is 44.7 Å². The highest BCUT2D eigenvalue weighted by Gasteiger charge is 2.23. The molecule has 4 aromatic carbocycles. The summed E-state index contributed by atoms with van der Waals surface area (Å²) in [5.41, 5.74) is 14.7. The Morgan fingerprint density at radius 2 is 1.64 bits per heavy atom. The van der Waals surface area contributed by atoms with Crippen molar-refractivity contribution >= 4 is 27.9 Å². The second kappa shape index (κ2) is 11.6. The third-order valence-corrected chi connectivity index (χ3v) is 8.83. The fourth-order valence-corrected chi connectivity index (χ4v) is 6.49. The molecule has 0 spiro atoms. The fourth-order valence-electron chi connectivity index (χ4n) is 6.49. The number of benzene rings is 4. The van der Waals surface area contributed by atoms with Crippen LogP contribution in [0.15, 0.2) is 91.0 Å². The van der Waals surface area contributed by atoms with Gasteiger partial charge in [0.05, 0.1) is 34.9 Å². The number of fused-ring (bicyclic) bond motifs is 2. The Hall–Kier alpha value is -5.01. The van der Waals surface area contributed by atoms with E-state index in [9.17, 15) is 9.90 Å². The van der Waals surface area contributed by atoms with Gasteiger partial charge in [-0.05, 0) is 84.1 Å². The van der Waals surface area contributed by atoms with Gasteiger partial charge in [-0.2, -0.15) is 0 Å². The highest BCUT2D eigenvalue weighted by molar-refractivity contribution is 5.94. The number of carbonyl (C=O) groups is 1. The van der Waals surface area contributed by atoms with Gasteiger partial charge in [-0.25, -0.2) is 14.8 Å². The fraction of sp³-hybridized carbons (Fsp3) is 0.216. The van der Waals surface area contributed by atoms with Crippen LogP contribution in [0.5, 0.6) is 5.75 Å². The summed E-state index contributed by atoms with van der Waals surface area (Å²) in [7, 11) is 1.67. The Morgan fingerprint density at radius 1 is 0.841 bits per heavy atom. The summed E-state index contributed by atoms with van der Waals surface area (Å²) in [6, 6.07) is 30.4. The van der Waals surface area contributed by atoms with E-state index in [1.165, 1.54) is 19.3 Å². The largest absolute Gasteiger partial charge is 0.497 e. The van der Waals surface area contributed by atoms with Crippen LogP contribution in [0, 0.1) is 0 Å². The Balaban J connectivity index is 1.32. The molecule has 1 aliphatic carbocycles. The monoisotopic (exact) mass is 582 g/mol. The van der Waals surface area contributed by atoms with Gasteiger partial charge in [-0.3, -0.25) is 0 Å². The van der Waals surface area contributed by atoms with Crippen LogP contribution in [0.2, 0.25) is 0 Å². The van der Waals surface area contributed by atoms with Gasteiger partial charge in [0, 0.05) is 29.1 Å². The molecule has 0 bridgehead atoms. The van der Waals surface area contributed by atoms with Crippen molar-refractivity contribution in [1.82, 2.24) is 14.5 Å². The average Bonchev–Trinajstić information content (AvgIpc) is 3.47. The first-order chi connectivity index (χ1) is 21.5. The topological polar surface area (TPSA) is 103 Å². The zero-order valence-electron chi connectivity index (χ0n) is 24.7. The highest BCUT2D eigenvalue weighted by atomic mass is 16.5. The molecular formula is C37H34N4O3. The Morgan fingerprint density at radius 3 is 2.39 bits per heavy atom. The summed E-state index contributed by atoms with van der Waals surface area (Å²) >= 11 is 0. The molecule has 3 N–H and O–H groups in total. The lowest BCUT2D eigenvalue weighted by Crippen LogP contribution is -2.14. The number of methoxy groups -OCH3 is 1. The number of nitrogens with zero attached hydrogens (tertiary/aromatic N) is 3. The van der Waals surface area contributed by atoms with E-state index in [-0.39, 0.29) is 5.56 Å². The maximum absolute atomic E-state index is 11.7. The number of rotatable bonds is 7. The Kier molecular flexibility index (Phi) is 7.32. The number of hydrogen-bond donors (Lipinski definition) is 2. The van der Waals surface area contributed by atoms with Crippen molar-refractivity contribution in [1.29, 1.82) is 0 Å². The predicted octanol–water partition coefficient (Wildman–Crippen LogP) is 8.26. The van der Waals surface area contributed by atoms with E-state index >= 15 is 0 Å². The molecule has 44 heavy (non-hydrogen) atoms. The minimum Gasteiger partial charge on any atom is -0.497 e. The summed E-state index contributed by atoms with van der Waals surface area (Å²) in [5, 5.41) is 10.6. The van der Waals surface area contributed by atoms with E-state index in [1.54, 1.807) is 19.2 Å². The lowest BCUT2D eigenvalue weighted by molar-refractivity contribution is 0.0697. The van der Waals surface area contributed by atoms with E-state index in [0.717, 1.165) is 74.3 Å². The number of hydrogen-bond acceptors (Lipinski definition) is 5. The van der Waals surface area contributed by atoms with Crippen LogP contribution in [-0.2, 0) is 6.54 Å². The summed E-state index contributed by atoms with van der Waals surface area (Å²) in [6.07, 6.45) is 5.81. The number of carboxylic acids is 1. The zero-order valence-corrected chi connectivity index (χ0v) is 24.7. The Bertz CT molecular complexity index is 2010. The molecule has 7 rings (SSSR count). The normalized spacial score (nSPS) is 13.9. The van der Waals surface area contributed by atoms with Crippen LogP contribution >= 0.6 is 0 Å². The number of pyridine rings is 1.